The number of fused-ring (bicyclic) bond motifs is 1. The molecule has 1 heterocycles. The Balaban J connectivity index is 2.07. The largest absolute Gasteiger partial charge is 0.369 e. The van der Waals surface area contributed by atoms with Crippen LogP contribution in [0, 0.1) is 0 Å². The lowest BCUT2D eigenvalue weighted by molar-refractivity contribution is 0.374. The maximum absolute atomic E-state index is 5.42. The van der Waals surface area contributed by atoms with E-state index in [-0.39, 0.29) is 0 Å². The van der Waals surface area contributed by atoms with Gasteiger partial charge in [-0.05, 0) is 33.1 Å². The summed E-state index contributed by atoms with van der Waals surface area (Å²) < 4.78 is 5.42. The third-order valence-electron chi connectivity index (χ3n) is 2.57. The number of rotatable bonds is 0. The first-order valence-electron chi connectivity index (χ1n) is 4.08. The van der Waals surface area contributed by atoms with Gasteiger partial charge in [0, 0.05) is 0 Å². The van der Waals surface area contributed by atoms with E-state index in [0.717, 1.165) is 0 Å². The molecule has 1 saturated carbocycles. The highest BCUT2D eigenvalue weighted by Crippen LogP contribution is 2.39. The summed E-state index contributed by atoms with van der Waals surface area (Å²) in [5.41, 5.74) is 3.15. The first kappa shape index (κ1) is 6.41. The minimum Gasteiger partial charge on any atom is -0.369 e. The summed E-state index contributed by atoms with van der Waals surface area (Å²) in [6.07, 6.45) is 5.02. The van der Waals surface area contributed by atoms with Gasteiger partial charge in [0.15, 0.2) is 0 Å². The van der Waals surface area contributed by atoms with Gasteiger partial charge in [0.2, 0.25) is 0 Å². The lowest BCUT2D eigenvalue weighted by Gasteiger charge is -2.11. The molecule has 0 aromatic heterocycles. The fourth-order valence-electron chi connectivity index (χ4n) is 1.73. The fraction of sp³-hybridized carbons (Fsp3) is 0.778. The summed E-state index contributed by atoms with van der Waals surface area (Å²) in [6, 6.07) is 0. The first-order chi connectivity index (χ1) is 4.77. The zero-order chi connectivity index (χ0) is 7.14. The van der Waals surface area contributed by atoms with Gasteiger partial charge in [-0.3, -0.25) is 0 Å². The molecular weight excluding hydrogens is 124 g/mol. The number of hydrogen-bond acceptors (Lipinski definition) is 1. The molecule has 2 aliphatic rings. The van der Waals surface area contributed by atoms with Gasteiger partial charge in [-0.15, -0.1) is 0 Å². The van der Waals surface area contributed by atoms with Crippen molar-refractivity contribution in [1.82, 2.24) is 0 Å². The van der Waals surface area contributed by atoms with Crippen LogP contribution in [0.5, 0.6) is 0 Å². The van der Waals surface area contributed by atoms with E-state index in [4.69, 9.17) is 4.74 Å². The zero-order valence-corrected chi connectivity index (χ0v) is 6.68. The number of hydrogen-bond donors (Lipinski definition) is 0. The van der Waals surface area contributed by atoms with Crippen LogP contribution in [0.4, 0.5) is 0 Å². The third-order valence-corrected chi connectivity index (χ3v) is 2.57. The Kier molecular flexibility index (Phi) is 1.34. The smallest absolute Gasteiger partial charge is 0.0879 e. The fourth-order valence-corrected chi connectivity index (χ4v) is 1.73. The number of allylic oxidation sites excluding steroid dienone is 1. The van der Waals surface area contributed by atoms with Crippen molar-refractivity contribution < 1.29 is 4.74 Å². The first-order valence-corrected chi connectivity index (χ1v) is 4.08. The Morgan fingerprint density at radius 1 is 1.40 bits per heavy atom. The monoisotopic (exact) mass is 138 g/mol. The van der Waals surface area contributed by atoms with Gasteiger partial charge in [-0.1, -0.05) is 11.1 Å². The van der Waals surface area contributed by atoms with Gasteiger partial charge in [0.05, 0.1) is 12.2 Å². The van der Waals surface area contributed by atoms with Gasteiger partial charge >= 0.3 is 0 Å². The molecule has 0 bridgehead atoms. The van der Waals surface area contributed by atoms with E-state index >= 15 is 0 Å². The summed E-state index contributed by atoms with van der Waals surface area (Å²) in [5, 5.41) is 0. The van der Waals surface area contributed by atoms with E-state index in [2.05, 4.69) is 13.8 Å². The van der Waals surface area contributed by atoms with Gasteiger partial charge < -0.3 is 4.74 Å². The molecule has 1 aliphatic carbocycles. The molecule has 2 atom stereocenters. The summed E-state index contributed by atoms with van der Waals surface area (Å²) >= 11 is 0. The van der Waals surface area contributed by atoms with Gasteiger partial charge in [0.25, 0.3) is 0 Å². The molecule has 1 saturated heterocycles. The topological polar surface area (TPSA) is 12.5 Å². The van der Waals surface area contributed by atoms with Gasteiger partial charge in [-0.2, -0.15) is 0 Å². The maximum Gasteiger partial charge on any atom is 0.0879 e. The molecule has 0 amide bonds. The van der Waals surface area contributed by atoms with E-state index in [1.165, 1.54) is 24.8 Å². The van der Waals surface area contributed by atoms with Crippen molar-refractivity contribution in [3.63, 3.8) is 0 Å². The van der Waals surface area contributed by atoms with Crippen LogP contribution < -0.4 is 0 Å². The Labute approximate surface area is 62.1 Å². The molecular formula is C9H14O. The summed E-state index contributed by atoms with van der Waals surface area (Å²) in [4.78, 5) is 0. The third kappa shape index (κ3) is 0.988. The molecule has 0 aromatic carbocycles. The van der Waals surface area contributed by atoms with Crippen LogP contribution in [0.2, 0.25) is 0 Å². The predicted molar refractivity (Wildman–Crippen MR) is 40.9 cm³/mol. The van der Waals surface area contributed by atoms with E-state index in [9.17, 15) is 0 Å². The SMILES string of the molecule is CC(C)=C1CCC2OC2C1. The van der Waals surface area contributed by atoms with Crippen molar-refractivity contribution in [3.8, 4) is 0 Å². The average Bonchev–Trinajstić information content (AvgIpc) is 2.63. The quantitative estimate of drug-likeness (QED) is 0.369. The van der Waals surface area contributed by atoms with Crippen LogP contribution in [-0.4, -0.2) is 12.2 Å². The van der Waals surface area contributed by atoms with Crippen LogP contribution in [0.25, 0.3) is 0 Å². The Morgan fingerprint density at radius 2 is 2.20 bits per heavy atom. The molecule has 56 valence electrons. The molecule has 2 rings (SSSR count). The second-order valence-electron chi connectivity index (χ2n) is 3.56. The van der Waals surface area contributed by atoms with Crippen molar-refractivity contribution in [1.29, 1.82) is 0 Å². The lowest BCUT2D eigenvalue weighted by Crippen LogP contribution is -2.05. The second kappa shape index (κ2) is 2.09. The molecule has 1 nitrogen and oxygen atoms in total. The summed E-state index contributed by atoms with van der Waals surface area (Å²) in [7, 11) is 0. The number of epoxide rings is 1. The normalized spacial score (nSPS) is 37.2. The molecule has 1 aliphatic heterocycles. The molecule has 10 heavy (non-hydrogen) atoms. The summed E-state index contributed by atoms with van der Waals surface area (Å²) in [6.45, 7) is 4.41. The van der Waals surface area contributed by atoms with Crippen LogP contribution in [0.15, 0.2) is 11.1 Å². The van der Waals surface area contributed by atoms with Crippen molar-refractivity contribution >= 4 is 0 Å². The van der Waals surface area contributed by atoms with Crippen LogP contribution in [-0.2, 0) is 4.74 Å². The molecule has 2 fully saturated rings. The standard InChI is InChI=1S/C9H14O/c1-6(2)7-3-4-8-9(5-7)10-8/h8-9H,3-5H2,1-2H3. The average molecular weight is 138 g/mol. The van der Waals surface area contributed by atoms with E-state index < -0.39 is 0 Å². The Bertz CT molecular complexity index is 177. The minimum absolute atomic E-state index is 0.610. The van der Waals surface area contributed by atoms with E-state index in [1.54, 1.807) is 5.57 Å². The van der Waals surface area contributed by atoms with Crippen molar-refractivity contribution in [2.75, 3.05) is 0 Å². The van der Waals surface area contributed by atoms with Crippen molar-refractivity contribution in [3.05, 3.63) is 11.1 Å². The van der Waals surface area contributed by atoms with E-state index in [1.807, 2.05) is 0 Å². The Hall–Kier alpha value is -0.300. The molecule has 0 aromatic rings. The van der Waals surface area contributed by atoms with Crippen LogP contribution in [0.3, 0.4) is 0 Å². The van der Waals surface area contributed by atoms with Gasteiger partial charge in [0.1, 0.15) is 0 Å². The second-order valence-corrected chi connectivity index (χ2v) is 3.56. The van der Waals surface area contributed by atoms with Crippen LogP contribution in [0.1, 0.15) is 33.1 Å². The van der Waals surface area contributed by atoms with Crippen molar-refractivity contribution in [2.45, 2.75) is 45.3 Å². The highest BCUT2D eigenvalue weighted by molar-refractivity contribution is 5.17. The van der Waals surface area contributed by atoms with E-state index in [0.29, 0.717) is 12.2 Å². The highest BCUT2D eigenvalue weighted by Gasteiger charge is 2.41. The zero-order valence-electron chi connectivity index (χ0n) is 6.68. The molecule has 2 unspecified atom stereocenters. The molecule has 0 N–H and O–H groups in total. The Morgan fingerprint density at radius 3 is 2.80 bits per heavy atom. The minimum atomic E-state index is 0.610. The number of ether oxygens (including phenoxy) is 1. The molecule has 1 heteroatoms. The van der Waals surface area contributed by atoms with Crippen LogP contribution >= 0.6 is 0 Å². The van der Waals surface area contributed by atoms with Gasteiger partial charge in [-0.25, -0.2) is 0 Å². The predicted octanol–water partition coefficient (Wildman–Crippen LogP) is 2.27. The van der Waals surface area contributed by atoms with Crippen molar-refractivity contribution in [2.24, 2.45) is 0 Å². The molecule has 0 radical (unpaired) electrons. The highest BCUT2D eigenvalue weighted by atomic mass is 16.6. The lowest BCUT2D eigenvalue weighted by atomic mass is 9.92. The molecule has 0 spiro atoms. The summed E-state index contributed by atoms with van der Waals surface area (Å²) in [5.74, 6) is 0. The maximum atomic E-state index is 5.42.